The smallest absolute Gasteiger partial charge is 0.277 e. The molecule has 5 heteroatoms. The minimum absolute atomic E-state index is 0.124. The van der Waals surface area contributed by atoms with Crippen molar-refractivity contribution in [3.05, 3.63) is 60.2 Å². The van der Waals surface area contributed by atoms with E-state index in [0.29, 0.717) is 11.5 Å². The van der Waals surface area contributed by atoms with Gasteiger partial charge in [0.1, 0.15) is 0 Å². The van der Waals surface area contributed by atoms with E-state index in [1.807, 2.05) is 42.5 Å². The standard InChI is InChI=1S/C21H26N2O3/c1-3-4-6-13-18(17-11-7-5-8-12-17)22-23-21(24)16-26-20-15-10-9-14-19(20)25-2/h5,7-12,14-15H,3-4,6,13,16H2,1-2H3,(H,23,24). The second kappa shape index (κ2) is 10.9. The summed E-state index contributed by atoms with van der Waals surface area (Å²) in [6.07, 6.45) is 4.14. The van der Waals surface area contributed by atoms with Crippen molar-refractivity contribution in [1.82, 2.24) is 5.43 Å². The fraction of sp³-hybridized carbons (Fsp3) is 0.333. The zero-order valence-corrected chi connectivity index (χ0v) is 15.4. The predicted molar refractivity (Wildman–Crippen MR) is 104 cm³/mol. The maximum absolute atomic E-state index is 12.1. The Balaban J connectivity index is 1.95. The normalized spacial score (nSPS) is 11.1. The Bertz CT molecular complexity index is 714. The van der Waals surface area contributed by atoms with E-state index in [4.69, 9.17) is 9.47 Å². The summed E-state index contributed by atoms with van der Waals surface area (Å²) in [5.74, 6) is 0.813. The van der Waals surface area contributed by atoms with Gasteiger partial charge in [0.2, 0.25) is 0 Å². The highest BCUT2D eigenvalue weighted by atomic mass is 16.5. The summed E-state index contributed by atoms with van der Waals surface area (Å²) in [6.45, 7) is 2.04. The van der Waals surface area contributed by atoms with Crippen LogP contribution in [0.3, 0.4) is 0 Å². The van der Waals surface area contributed by atoms with Crippen molar-refractivity contribution in [3.63, 3.8) is 0 Å². The molecule has 0 aromatic heterocycles. The maximum atomic E-state index is 12.1. The number of amides is 1. The Morgan fingerprint density at radius 1 is 1.00 bits per heavy atom. The number of nitrogens with one attached hydrogen (secondary N) is 1. The largest absolute Gasteiger partial charge is 0.493 e. The van der Waals surface area contributed by atoms with Crippen molar-refractivity contribution in [2.45, 2.75) is 32.6 Å². The number of para-hydroxylation sites is 2. The zero-order valence-electron chi connectivity index (χ0n) is 15.4. The zero-order chi connectivity index (χ0) is 18.6. The van der Waals surface area contributed by atoms with Gasteiger partial charge in [-0.2, -0.15) is 5.10 Å². The highest BCUT2D eigenvalue weighted by Gasteiger charge is 2.08. The Morgan fingerprint density at radius 3 is 2.38 bits per heavy atom. The van der Waals surface area contributed by atoms with Crippen LogP contribution >= 0.6 is 0 Å². The monoisotopic (exact) mass is 354 g/mol. The number of unbranched alkanes of at least 4 members (excludes halogenated alkanes) is 2. The lowest BCUT2D eigenvalue weighted by atomic mass is 10.0. The third-order valence-corrected chi connectivity index (χ3v) is 3.87. The van der Waals surface area contributed by atoms with Crippen molar-refractivity contribution in [2.24, 2.45) is 5.10 Å². The molecule has 2 rings (SSSR count). The predicted octanol–water partition coefficient (Wildman–Crippen LogP) is 4.17. The molecule has 5 nitrogen and oxygen atoms in total. The summed E-state index contributed by atoms with van der Waals surface area (Å²) in [4.78, 5) is 12.1. The molecule has 0 aliphatic carbocycles. The number of nitrogens with zero attached hydrogens (tertiary/aromatic N) is 1. The number of hydrogen-bond acceptors (Lipinski definition) is 4. The summed E-state index contributed by atoms with van der Waals surface area (Å²) in [5, 5.41) is 4.33. The van der Waals surface area contributed by atoms with Crippen LogP contribution in [0.2, 0.25) is 0 Å². The molecule has 138 valence electrons. The lowest BCUT2D eigenvalue weighted by molar-refractivity contribution is -0.123. The van der Waals surface area contributed by atoms with E-state index in [1.165, 1.54) is 0 Å². The first-order valence-corrected chi connectivity index (χ1v) is 8.91. The van der Waals surface area contributed by atoms with Gasteiger partial charge in [0.25, 0.3) is 5.91 Å². The Morgan fingerprint density at radius 2 is 1.69 bits per heavy atom. The van der Waals surface area contributed by atoms with Crippen LogP contribution in [0.15, 0.2) is 59.7 Å². The van der Waals surface area contributed by atoms with Gasteiger partial charge in [0, 0.05) is 0 Å². The molecule has 0 unspecified atom stereocenters. The van der Waals surface area contributed by atoms with Gasteiger partial charge in [-0.1, -0.05) is 62.2 Å². The second-order valence-electron chi connectivity index (χ2n) is 5.86. The first kappa shape index (κ1) is 19.5. The second-order valence-corrected chi connectivity index (χ2v) is 5.86. The summed E-state index contributed by atoms with van der Waals surface area (Å²) < 4.78 is 10.7. The van der Waals surface area contributed by atoms with Gasteiger partial charge < -0.3 is 9.47 Å². The highest BCUT2D eigenvalue weighted by molar-refractivity contribution is 6.01. The first-order chi connectivity index (χ1) is 12.7. The van der Waals surface area contributed by atoms with Crippen molar-refractivity contribution in [1.29, 1.82) is 0 Å². The van der Waals surface area contributed by atoms with Crippen LogP contribution in [0, 0.1) is 0 Å². The van der Waals surface area contributed by atoms with E-state index < -0.39 is 0 Å². The molecule has 0 atom stereocenters. The van der Waals surface area contributed by atoms with Crippen LogP contribution in [-0.2, 0) is 4.79 Å². The number of carbonyl (C=O) groups excluding carboxylic acids is 1. The van der Waals surface area contributed by atoms with Gasteiger partial charge in [-0.3, -0.25) is 4.79 Å². The van der Waals surface area contributed by atoms with E-state index in [-0.39, 0.29) is 12.5 Å². The number of methoxy groups -OCH3 is 1. The van der Waals surface area contributed by atoms with Crippen LogP contribution in [0.1, 0.15) is 38.2 Å². The fourth-order valence-electron chi connectivity index (χ4n) is 2.48. The third-order valence-electron chi connectivity index (χ3n) is 3.87. The SMILES string of the molecule is CCCCCC(=NNC(=O)COc1ccccc1OC)c1ccccc1. The van der Waals surface area contributed by atoms with Gasteiger partial charge in [0.15, 0.2) is 18.1 Å². The van der Waals surface area contributed by atoms with E-state index in [2.05, 4.69) is 17.5 Å². The number of hydrazone groups is 1. The summed E-state index contributed by atoms with van der Waals surface area (Å²) in [5.41, 5.74) is 4.50. The van der Waals surface area contributed by atoms with Crippen molar-refractivity contribution in [2.75, 3.05) is 13.7 Å². The molecule has 26 heavy (non-hydrogen) atoms. The summed E-state index contributed by atoms with van der Waals surface area (Å²) >= 11 is 0. The van der Waals surface area contributed by atoms with Gasteiger partial charge in [-0.25, -0.2) is 5.43 Å². The minimum Gasteiger partial charge on any atom is -0.493 e. The topological polar surface area (TPSA) is 59.9 Å². The quantitative estimate of drug-likeness (QED) is 0.396. The molecule has 0 fully saturated rings. The number of rotatable bonds is 10. The molecule has 0 bridgehead atoms. The number of hydrogen-bond donors (Lipinski definition) is 1. The molecule has 0 aliphatic heterocycles. The van der Waals surface area contributed by atoms with Crippen LogP contribution in [0.5, 0.6) is 11.5 Å². The van der Waals surface area contributed by atoms with Crippen LogP contribution < -0.4 is 14.9 Å². The van der Waals surface area contributed by atoms with Crippen molar-refractivity contribution >= 4 is 11.6 Å². The Kier molecular flexibility index (Phi) is 8.19. The van der Waals surface area contributed by atoms with Gasteiger partial charge in [-0.15, -0.1) is 0 Å². The molecule has 0 aliphatic rings. The Hall–Kier alpha value is -2.82. The van der Waals surface area contributed by atoms with Crippen molar-refractivity contribution in [3.8, 4) is 11.5 Å². The Labute approximate surface area is 155 Å². The molecule has 0 saturated carbocycles. The lowest BCUT2D eigenvalue weighted by Crippen LogP contribution is -2.26. The molecule has 2 aromatic rings. The molecule has 0 radical (unpaired) electrons. The van der Waals surface area contributed by atoms with E-state index in [1.54, 1.807) is 19.2 Å². The van der Waals surface area contributed by atoms with Crippen molar-refractivity contribution < 1.29 is 14.3 Å². The number of benzene rings is 2. The summed E-state index contributed by atoms with van der Waals surface area (Å²) in [7, 11) is 1.56. The number of ether oxygens (including phenoxy) is 2. The molecule has 1 N–H and O–H groups in total. The maximum Gasteiger partial charge on any atom is 0.277 e. The fourth-order valence-corrected chi connectivity index (χ4v) is 2.48. The molecule has 1 amide bonds. The van der Waals surface area contributed by atoms with Crippen LogP contribution in [-0.4, -0.2) is 25.3 Å². The lowest BCUT2D eigenvalue weighted by Gasteiger charge is -2.10. The number of carbonyl (C=O) groups is 1. The van der Waals surface area contributed by atoms with Gasteiger partial charge >= 0.3 is 0 Å². The minimum atomic E-state index is -0.306. The van der Waals surface area contributed by atoms with E-state index in [0.717, 1.165) is 37.0 Å². The van der Waals surface area contributed by atoms with E-state index in [9.17, 15) is 4.79 Å². The molecular formula is C21H26N2O3. The first-order valence-electron chi connectivity index (χ1n) is 8.91. The average molecular weight is 354 g/mol. The molecule has 2 aromatic carbocycles. The van der Waals surface area contributed by atoms with Crippen LogP contribution in [0.25, 0.3) is 0 Å². The van der Waals surface area contributed by atoms with Gasteiger partial charge in [-0.05, 0) is 30.5 Å². The molecule has 0 saturated heterocycles. The highest BCUT2D eigenvalue weighted by Crippen LogP contribution is 2.25. The molecular weight excluding hydrogens is 328 g/mol. The average Bonchev–Trinajstić information content (AvgIpc) is 2.69. The molecule has 0 heterocycles. The van der Waals surface area contributed by atoms with Gasteiger partial charge in [0.05, 0.1) is 12.8 Å². The van der Waals surface area contributed by atoms with E-state index >= 15 is 0 Å². The molecule has 0 spiro atoms. The van der Waals surface area contributed by atoms with Crippen LogP contribution in [0.4, 0.5) is 0 Å². The third kappa shape index (κ3) is 6.24. The summed E-state index contributed by atoms with van der Waals surface area (Å²) in [6, 6.07) is 17.1.